The number of oxazole rings is 1. The van der Waals surface area contributed by atoms with Crippen LogP contribution in [0.5, 0.6) is 5.75 Å². The lowest BCUT2D eigenvalue weighted by Crippen LogP contribution is -2.31. The van der Waals surface area contributed by atoms with E-state index >= 15 is 0 Å². The van der Waals surface area contributed by atoms with Crippen LogP contribution in [0.15, 0.2) is 71.5 Å². The number of hydrogen-bond donors (Lipinski definition) is 1. The van der Waals surface area contributed by atoms with Crippen molar-refractivity contribution in [3.63, 3.8) is 0 Å². The lowest BCUT2D eigenvalue weighted by molar-refractivity contribution is -0.121. The molecule has 0 bridgehead atoms. The van der Waals surface area contributed by atoms with Gasteiger partial charge in [0, 0.05) is 32.3 Å². The van der Waals surface area contributed by atoms with Gasteiger partial charge >= 0.3 is 0 Å². The number of halogens is 1. The first-order chi connectivity index (χ1) is 15.5. The number of methoxy groups -OCH3 is 1. The molecule has 0 aliphatic carbocycles. The monoisotopic (exact) mass is 434 g/mol. The topological polar surface area (TPSA) is 82.2 Å². The van der Waals surface area contributed by atoms with E-state index in [1.807, 2.05) is 42.1 Å². The minimum absolute atomic E-state index is 0.161. The smallest absolute Gasteiger partial charge is 0.221 e. The van der Waals surface area contributed by atoms with Crippen LogP contribution in [0.3, 0.4) is 0 Å². The summed E-state index contributed by atoms with van der Waals surface area (Å²) in [6.45, 7) is 0. The number of carbonyl (C=O) groups excluding carboxylic acids is 1. The van der Waals surface area contributed by atoms with Crippen LogP contribution in [0.25, 0.3) is 11.3 Å². The quantitative estimate of drug-likeness (QED) is 0.452. The van der Waals surface area contributed by atoms with Gasteiger partial charge in [0.1, 0.15) is 23.4 Å². The van der Waals surface area contributed by atoms with E-state index < -0.39 is 6.04 Å². The van der Waals surface area contributed by atoms with Crippen molar-refractivity contribution < 1.29 is 18.3 Å². The molecular formula is C24H23FN4O3. The van der Waals surface area contributed by atoms with Crippen LogP contribution in [-0.2, 0) is 18.3 Å². The van der Waals surface area contributed by atoms with E-state index in [1.54, 1.807) is 31.5 Å². The van der Waals surface area contributed by atoms with Crippen LogP contribution in [-0.4, -0.2) is 27.6 Å². The molecule has 0 unspecified atom stereocenters. The second-order valence-corrected chi connectivity index (χ2v) is 7.27. The van der Waals surface area contributed by atoms with Gasteiger partial charge in [-0.25, -0.2) is 14.4 Å². The molecule has 1 atom stereocenters. The van der Waals surface area contributed by atoms with Crippen LogP contribution < -0.4 is 10.1 Å². The molecule has 0 aliphatic heterocycles. The molecule has 0 saturated carbocycles. The van der Waals surface area contributed by atoms with Gasteiger partial charge in [-0.15, -0.1) is 0 Å². The van der Waals surface area contributed by atoms with Crippen molar-refractivity contribution in [3.8, 4) is 17.1 Å². The van der Waals surface area contributed by atoms with E-state index in [9.17, 15) is 9.18 Å². The van der Waals surface area contributed by atoms with Crippen LogP contribution in [0.1, 0.15) is 29.7 Å². The Morgan fingerprint density at radius 2 is 1.97 bits per heavy atom. The Kier molecular flexibility index (Phi) is 6.30. The fourth-order valence-electron chi connectivity index (χ4n) is 3.41. The second kappa shape index (κ2) is 9.47. The van der Waals surface area contributed by atoms with E-state index in [1.165, 1.54) is 12.3 Å². The van der Waals surface area contributed by atoms with Crippen LogP contribution in [0.2, 0.25) is 0 Å². The average Bonchev–Trinajstić information content (AvgIpc) is 3.45. The predicted octanol–water partition coefficient (Wildman–Crippen LogP) is 4.06. The molecule has 1 amide bonds. The summed E-state index contributed by atoms with van der Waals surface area (Å²) in [6.07, 6.45) is 5.44. The predicted molar refractivity (Wildman–Crippen MR) is 116 cm³/mol. The van der Waals surface area contributed by atoms with Gasteiger partial charge in [-0.1, -0.05) is 24.3 Å². The normalized spacial score (nSPS) is 11.8. The molecule has 0 fully saturated rings. The summed E-state index contributed by atoms with van der Waals surface area (Å²) < 4.78 is 26.7. The number of rotatable bonds is 8. The summed E-state index contributed by atoms with van der Waals surface area (Å²) in [6, 6.07) is 13.4. The Labute approximate surface area is 184 Å². The van der Waals surface area contributed by atoms with Gasteiger partial charge in [-0.3, -0.25) is 4.79 Å². The van der Waals surface area contributed by atoms with Crippen molar-refractivity contribution in [2.75, 3.05) is 7.11 Å². The molecule has 7 nitrogen and oxygen atoms in total. The second-order valence-electron chi connectivity index (χ2n) is 7.27. The van der Waals surface area contributed by atoms with E-state index in [2.05, 4.69) is 15.3 Å². The number of aromatic nitrogens is 3. The first-order valence-corrected chi connectivity index (χ1v) is 10.2. The maximum absolute atomic E-state index is 14.0. The van der Waals surface area contributed by atoms with Crippen molar-refractivity contribution >= 4 is 5.91 Å². The van der Waals surface area contributed by atoms with Gasteiger partial charge in [-0.05, 0) is 29.8 Å². The molecular weight excluding hydrogens is 411 g/mol. The maximum atomic E-state index is 14.0. The van der Waals surface area contributed by atoms with Crippen molar-refractivity contribution in [2.45, 2.75) is 18.9 Å². The Morgan fingerprint density at radius 1 is 1.19 bits per heavy atom. The number of aryl methyl sites for hydroxylation is 2. The zero-order chi connectivity index (χ0) is 22.5. The number of ether oxygens (including phenoxy) is 1. The third kappa shape index (κ3) is 4.69. The Hall–Kier alpha value is -3.94. The summed E-state index contributed by atoms with van der Waals surface area (Å²) in [5.74, 6) is 1.58. The van der Waals surface area contributed by atoms with E-state index in [4.69, 9.17) is 9.15 Å². The number of nitrogens with one attached hydrogen (secondary N) is 1. The molecule has 0 aliphatic rings. The molecule has 8 heteroatoms. The van der Waals surface area contributed by atoms with Crippen molar-refractivity contribution in [2.24, 2.45) is 7.05 Å². The molecule has 1 N–H and O–H groups in total. The third-order valence-corrected chi connectivity index (χ3v) is 5.13. The summed E-state index contributed by atoms with van der Waals surface area (Å²) in [5, 5.41) is 3.04. The maximum Gasteiger partial charge on any atom is 0.221 e. The minimum Gasteiger partial charge on any atom is -0.497 e. The highest BCUT2D eigenvalue weighted by molar-refractivity contribution is 5.77. The lowest BCUT2D eigenvalue weighted by Gasteiger charge is -2.19. The molecule has 4 aromatic rings. The van der Waals surface area contributed by atoms with Crippen LogP contribution >= 0.6 is 0 Å². The van der Waals surface area contributed by atoms with Crippen molar-refractivity contribution in [1.82, 2.24) is 19.9 Å². The average molecular weight is 434 g/mol. The van der Waals surface area contributed by atoms with Crippen molar-refractivity contribution in [1.29, 1.82) is 0 Å². The molecule has 164 valence electrons. The SMILES string of the molecule is COc1ccc([C@@H](NC(=O)CCc2ncc(-c3ccccc3F)o2)c2nccn2C)cc1. The molecule has 32 heavy (non-hydrogen) atoms. The number of benzene rings is 2. The summed E-state index contributed by atoms with van der Waals surface area (Å²) in [7, 11) is 3.48. The van der Waals surface area contributed by atoms with Gasteiger partial charge in [-0.2, -0.15) is 0 Å². The number of nitrogens with zero attached hydrogens (tertiary/aromatic N) is 3. The van der Waals surface area contributed by atoms with Crippen molar-refractivity contribution in [3.05, 3.63) is 90.2 Å². The number of hydrogen-bond acceptors (Lipinski definition) is 5. The molecule has 4 rings (SSSR count). The summed E-state index contributed by atoms with van der Waals surface area (Å²) in [5.41, 5.74) is 1.22. The van der Waals surface area contributed by atoms with E-state index in [0.717, 1.165) is 11.3 Å². The molecule has 0 saturated heterocycles. The van der Waals surface area contributed by atoms with E-state index in [-0.39, 0.29) is 24.6 Å². The number of carbonyl (C=O) groups is 1. The highest BCUT2D eigenvalue weighted by atomic mass is 19.1. The Balaban J connectivity index is 1.45. The first-order valence-electron chi connectivity index (χ1n) is 10.2. The van der Waals surface area contributed by atoms with Crippen LogP contribution in [0.4, 0.5) is 4.39 Å². The molecule has 0 spiro atoms. The van der Waals surface area contributed by atoms with Gasteiger partial charge in [0.05, 0.1) is 18.9 Å². The number of imidazole rings is 1. The molecule has 0 radical (unpaired) electrons. The van der Waals surface area contributed by atoms with Gasteiger partial charge in [0.25, 0.3) is 0 Å². The largest absolute Gasteiger partial charge is 0.497 e. The molecule has 2 aromatic heterocycles. The zero-order valence-electron chi connectivity index (χ0n) is 17.8. The number of amides is 1. The highest BCUT2D eigenvalue weighted by Crippen LogP contribution is 2.25. The summed E-state index contributed by atoms with van der Waals surface area (Å²) >= 11 is 0. The molecule has 2 aromatic carbocycles. The Bertz CT molecular complexity index is 1200. The van der Waals surface area contributed by atoms with Gasteiger partial charge in [0.2, 0.25) is 5.91 Å². The fourth-order valence-corrected chi connectivity index (χ4v) is 3.41. The van der Waals surface area contributed by atoms with Crippen LogP contribution in [0, 0.1) is 5.82 Å². The minimum atomic E-state index is -0.424. The van der Waals surface area contributed by atoms with Gasteiger partial charge < -0.3 is 19.0 Å². The van der Waals surface area contributed by atoms with Gasteiger partial charge in [0.15, 0.2) is 11.7 Å². The zero-order valence-corrected chi connectivity index (χ0v) is 17.8. The highest BCUT2D eigenvalue weighted by Gasteiger charge is 2.21. The van der Waals surface area contributed by atoms with E-state index in [0.29, 0.717) is 23.0 Å². The Morgan fingerprint density at radius 3 is 2.66 bits per heavy atom. The standard InChI is InChI=1S/C24H23FN4O3/c1-29-14-13-26-24(29)23(16-7-9-17(31-2)10-8-16)28-21(30)11-12-22-27-15-20(32-22)18-5-3-4-6-19(18)25/h3-10,13-15,23H,11-12H2,1-2H3,(H,28,30)/t23-/m1/s1. The third-order valence-electron chi connectivity index (χ3n) is 5.13. The fraction of sp³-hybridized carbons (Fsp3) is 0.208. The first kappa shape index (κ1) is 21.3. The summed E-state index contributed by atoms with van der Waals surface area (Å²) in [4.78, 5) is 21.3. The molecule has 2 heterocycles. The lowest BCUT2D eigenvalue weighted by atomic mass is 10.1.